The minimum absolute atomic E-state index is 0. The summed E-state index contributed by atoms with van der Waals surface area (Å²) in [6.45, 7) is 0.425. The van der Waals surface area contributed by atoms with Gasteiger partial charge in [0, 0.05) is 37.2 Å². The van der Waals surface area contributed by atoms with E-state index in [1.807, 2.05) is 21.1 Å². The van der Waals surface area contributed by atoms with Crippen LogP contribution in [0.15, 0.2) is 0 Å². The van der Waals surface area contributed by atoms with Gasteiger partial charge in [0.2, 0.25) is 0 Å². The zero-order chi connectivity index (χ0) is 19.7. The van der Waals surface area contributed by atoms with Gasteiger partial charge in [0.05, 0.1) is 21.1 Å². The van der Waals surface area contributed by atoms with E-state index >= 15 is 0 Å². The third-order valence-corrected chi connectivity index (χ3v) is 2.43. The molecule has 0 radical (unpaired) electrons. The molecule has 0 rings (SSSR count). The Balaban J connectivity index is -0.000000377. The Bertz CT molecular complexity index is 458. The van der Waals surface area contributed by atoms with E-state index in [1.54, 1.807) is 0 Å². The number of aliphatic carboxylic acids is 4. The number of rotatable bonds is 9. The molecule has 0 fully saturated rings. The van der Waals surface area contributed by atoms with Crippen LogP contribution in [-0.4, -0.2) is 106 Å². The number of nitrogens with zero attached hydrogens (tertiary/aromatic N) is 1. The van der Waals surface area contributed by atoms with Crippen LogP contribution in [0.2, 0.25) is 0 Å². The second-order valence-corrected chi connectivity index (χ2v) is 6.14. The number of hydrogen-bond acceptors (Lipinski definition) is 9. The number of hydrogen-bond donors (Lipinski definition) is 3. The maximum Gasteiger partial charge on any atom is 2.00 e. The molecule has 0 aliphatic carbocycles. The number of quaternary nitrogens is 1. The summed E-state index contributed by atoms with van der Waals surface area (Å²) in [5.41, 5.74) is -2.86. The van der Waals surface area contributed by atoms with Crippen LogP contribution in [0.1, 0.15) is 19.3 Å². The number of aliphatic hydroxyl groups is 2. The molecule has 0 bridgehead atoms. The third kappa shape index (κ3) is 17.1. The van der Waals surface area contributed by atoms with E-state index < -0.39 is 48.4 Å². The standard InChI is InChI=1S/C7H15NO3.C6H8O7.Mg/c1-8(2,3)5-6(9)4-7(10)11;7-3(8)1-6(13,5(11)12)2-4(9)10;/h6,9H,4-5H2,1-3H3;13H,1-2H2,(H,7,8)(H,9,10)(H,11,12);/q;;+2/p-2/t6-;;/m1../s1. The molecule has 0 aromatic rings. The average molecular weight is 376 g/mol. The summed E-state index contributed by atoms with van der Waals surface area (Å²) in [4.78, 5) is 40.2. The first-order valence-electron chi connectivity index (χ1n) is 6.63. The Morgan fingerprint density at radius 3 is 1.52 bits per heavy atom. The Hall–Kier alpha value is -1.47. The number of carbonyl (C=O) groups is 4. The van der Waals surface area contributed by atoms with E-state index in [9.17, 15) is 34.5 Å². The average Bonchev–Trinajstić information content (AvgIpc) is 2.22. The normalized spacial score (nSPS) is 12.0. The first-order valence-corrected chi connectivity index (χ1v) is 6.63. The minimum atomic E-state index is -2.86. The van der Waals surface area contributed by atoms with E-state index in [2.05, 4.69) is 0 Å². The van der Waals surface area contributed by atoms with Crippen molar-refractivity contribution in [3.8, 4) is 0 Å². The van der Waals surface area contributed by atoms with Crippen LogP contribution in [-0.2, 0) is 19.2 Å². The van der Waals surface area contributed by atoms with Crippen molar-refractivity contribution < 1.29 is 54.3 Å². The van der Waals surface area contributed by atoms with E-state index in [0.29, 0.717) is 11.0 Å². The fourth-order valence-corrected chi connectivity index (χ4v) is 1.58. The molecule has 12 heteroatoms. The monoisotopic (exact) mass is 375 g/mol. The number of carboxylic acids is 4. The van der Waals surface area contributed by atoms with Crippen LogP contribution < -0.4 is 15.3 Å². The largest absolute Gasteiger partial charge is 2.00 e. The van der Waals surface area contributed by atoms with Crippen LogP contribution in [0.25, 0.3) is 0 Å². The van der Waals surface area contributed by atoms with Crippen molar-refractivity contribution in [2.24, 2.45) is 0 Å². The molecule has 3 N–H and O–H groups in total. The van der Waals surface area contributed by atoms with Gasteiger partial charge in [-0.25, -0.2) is 4.79 Å². The molecule has 0 aliphatic rings. The molecule has 0 amide bonds. The van der Waals surface area contributed by atoms with Gasteiger partial charge in [-0.3, -0.25) is 0 Å². The maximum absolute atomic E-state index is 10.3. The van der Waals surface area contributed by atoms with Gasteiger partial charge in [0.25, 0.3) is 0 Å². The van der Waals surface area contributed by atoms with Gasteiger partial charge in [0.1, 0.15) is 12.6 Å². The fraction of sp³-hybridized carbons (Fsp3) is 0.692. The minimum Gasteiger partial charge on any atom is -0.550 e. The van der Waals surface area contributed by atoms with Gasteiger partial charge >= 0.3 is 29.0 Å². The maximum atomic E-state index is 10.3. The van der Waals surface area contributed by atoms with Crippen molar-refractivity contribution in [3.63, 3.8) is 0 Å². The van der Waals surface area contributed by atoms with Gasteiger partial charge in [-0.1, -0.05) is 0 Å². The first kappa shape index (κ1) is 28.3. The van der Waals surface area contributed by atoms with Crippen molar-refractivity contribution in [2.75, 3.05) is 27.7 Å². The molecule has 0 aromatic carbocycles. The molecule has 1 atom stereocenters. The zero-order valence-corrected chi connectivity index (χ0v) is 15.7. The third-order valence-electron chi connectivity index (χ3n) is 2.43. The summed E-state index contributed by atoms with van der Waals surface area (Å²) < 4.78 is 0.550. The zero-order valence-electron chi connectivity index (χ0n) is 14.3. The summed E-state index contributed by atoms with van der Waals surface area (Å²) in [5, 5.41) is 56.3. The van der Waals surface area contributed by atoms with Gasteiger partial charge in [-0.2, -0.15) is 0 Å². The summed E-state index contributed by atoms with van der Waals surface area (Å²) >= 11 is 0. The fourth-order valence-electron chi connectivity index (χ4n) is 1.58. The predicted molar refractivity (Wildman–Crippen MR) is 76.1 cm³/mol. The number of likely N-dealkylation sites (N-methyl/N-ethyl adjacent to an activating group) is 1. The molecule has 0 saturated carbocycles. The van der Waals surface area contributed by atoms with Crippen LogP contribution in [0.3, 0.4) is 0 Å². The topological polar surface area (TPSA) is 198 Å². The summed E-state index contributed by atoms with van der Waals surface area (Å²) in [6.07, 6.45) is -3.68. The molecular formula is C13H21MgNO10. The first-order chi connectivity index (χ1) is 10.6. The van der Waals surface area contributed by atoms with Gasteiger partial charge in [-0.05, 0) is 0 Å². The van der Waals surface area contributed by atoms with Crippen molar-refractivity contribution >= 4 is 46.9 Å². The molecular weight excluding hydrogens is 354 g/mol. The molecule has 140 valence electrons. The van der Waals surface area contributed by atoms with E-state index in [4.69, 9.17) is 15.3 Å². The van der Waals surface area contributed by atoms with Crippen LogP contribution in [0.4, 0.5) is 0 Å². The van der Waals surface area contributed by atoms with E-state index in [0.717, 1.165) is 0 Å². The SMILES string of the molecule is C[N+](C)(C)C[C@H](O)CC(=O)[O-].O=C([O-])CC(O)(CC(=O)[O-])C(=O)O.[Mg+2]. The Morgan fingerprint density at radius 1 is 0.960 bits per heavy atom. The van der Waals surface area contributed by atoms with Gasteiger partial charge in [-0.15, -0.1) is 0 Å². The number of carbonyl (C=O) groups excluding carboxylic acids is 3. The Labute approximate surface area is 160 Å². The molecule has 0 aromatic heterocycles. The van der Waals surface area contributed by atoms with Gasteiger partial charge in [0.15, 0.2) is 5.60 Å². The molecule has 0 saturated heterocycles. The quantitative estimate of drug-likeness (QED) is 0.257. The van der Waals surface area contributed by atoms with Crippen LogP contribution in [0, 0.1) is 0 Å². The second-order valence-electron chi connectivity index (χ2n) is 6.14. The number of aliphatic hydroxyl groups excluding tert-OH is 1. The van der Waals surface area contributed by atoms with Gasteiger partial charge < -0.3 is 49.5 Å². The molecule has 0 unspecified atom stereocenters. The second kappa shape index (κ2) is 12.0. The van der Waals surface area contributed by atoms with E-state index in [-0.39, 0.29) is 29.5 Å². The van der Waals surface area contributed by atoms with E-state index in [1.165, 1.54) is 0 Å². The molecule has 0 aliphatic heterocycles. The molecule has 0 spiro atoms. The van der Waals surface area contributed by atoms with Crippen molar-refractivity contribution in [2.45, 2.75) is 31.0 Å². The van der Waals surface area contributed by atoms with Crippen LogP contribution in [0.5, 0.6) is 0 Å². The summed E-state index contributed by atoms with van der Waals surface area (Å²) in [7, 11) is 5.66. The van der Waals surface area contributed by atoms with Crippen molar-refractivity contribution in [1.82, 2.24) is 0 Å². The molecule has 11 nitrogen and oxygen atoms in total. The summed E-state index contributed by atoms with van der Waals surface area (Å²) in [5.74, 6) is -6.86. The van der Waals surface area contributed by atoms with Crippen LogP contribution >= 0.6 is 0 Å². The van der Waals surface area contributed by atoms with Crippen molar-refractivity contribution in [1.29, 1.82) is 0 Å². The Kier molecular flexibility index (Phi) is 13.6. The Morgan fingerprint density at radius 2 is 1.32 bits per heavy atom. The smallest absolute Gasteiger partial charge is 0.550 e. The summed E-state index contributed by atoms with van der Waals surface area (Å²) in [6, 6.07) is 0. The molecule has 0 heterocycles. The number of carboxylic acid groups (broad SMARTS) is 4. The predicted octanol–water partition coefficient (Wildman–Crippen LogP) is -6.11. The van der Waals surface area contributed by atoms with Crippen molar-refractivity contribution in [3.05, 3.63) is 0 Å². The molecule has 25 heavy (non-hydrogen) atoms.